The Labute approximate surface area is 352 Å². The molecule has 1 atom stereocenters. The molecule has 4 aromatic carbocycles. The molecule has 3 heterocycles. The normalized spacial score (nSPS) is 16.4. The van der Waals surface area contributed by atoms with Gasteiger partial charge in [-0.1, -0.05) is 61.3 Å². The molecule has 0 spiro atoms. The zero-order valence-electron chi connectivity index (χ0n) is 29.8. The molecule has 0 saturated heterocycles. The van der Waals surface area contributed by atoms with E-state index in [1.54, 1.807) is 17.0 Å². The lowest BCUT2D eigenvalue weighted by atomic mass is 9.62. The Bertz CT molecular complexity index is 2930. The number of aromatic nitrogens is 1. The number of allylic oxidation sites excluding steroid dienone is 5. The standard InChI is InChI=1S/C35H5B19N2/c1-4(36)15(39)27(51)34-35(54)56-30-6(3-7(37)16(40)11(30)13-21(45)24(48)26(50)29(53)33(13)56)5-2-8(38)17(41)18(42)9(5)10-19(43)23(47)20(44)12-14-22(46)25(49)28(52)32(14)55(34)31(10)12/h2-3,32H,1H2/b27-15-,35-34?. The third-order valence-corrected chi connectivity index (χ3v) is 11.1. The molecule has 56 heavy (non-hydrogen) atoms. The van der Waals surface area contributed by atoms with Gasteiger partial charge in [0, 0.05) is 22.2 Å². The molecule has 1 unspecified atom stereocenters. The van der Waals surface area contributed by atoms with Crippen LogP contribution >= 0.6 is 0 Å². The summed E-state index contributed by atoms with van der Waals surface area (Å²) in [5.41, 5.74) is 2.17. The summed E-state index contributed by atoms with van der Waals surface area (Å²) in [7, 11) is 128. The lowest BCUT2D eigenvalue weighted by molar-refractivity contribution is 0.944. The Morgan fingerprint density at radius 1 is 0.518 bits per heavy atom. The minimum atomic E-state index is -1.06. The second kappa shape index (κ2) is 13.0. The highest BCUT2D eigenvalue weighted by Gasteiger charge is 2.45. The Hall–Kier alpha value is -3.59. The number of benzene rings is 4. The van der Waals surface area contributed by atoms with E-state index in [0.717, 1.165) is 0 Å². The Morgan fingerprint density at radius 3 is 1.66 bits per heavy atom. The van der Waals surface area contributed by atoms with Gasteiger partial charge in [0.15, 0.2) is 0 Å². The molecule has 0 fully saturated rings. The summed E-state index contributed by atoms with van der Waals surface area (Å²) in [5.74, 6) is 0. The smallest absolute Gasteiger partial charge is 0.142 e. The van der Waals surface area contributed by atoms with Gasteiger partial charge in [0.2, 0.25) is 0 Å². The highest BCUT2D eigenvalue weighted by atomic mass is 15.2. The van der Waals surface area contributed by atoms with Crippen molar-refractivity contribution in [2.75, 3.05) is 4.90 Å². The quantitative estimate of drug-likeness (QED) is 0.135. The van der Waals surface area contributed by atoms with Gasteiger partial charge in [-0.2, -0.15) is 0 Å². The minimum Gasteiger partial charge on any atom is -0.330 e. The molecule has 3 aliphatic rings. The molecule has 38 radical (unpaired) electrons. The van der Waals surface area contributed by atoms with Gasteiger partial charge in [-0.3, -0.25) is 0 Å². The lowest BCUT2D eigenvalue weighted by Gasteiger charge is -2.38. The van der Waals surface area contributed by atoms with Crippen LogP contribution in [0.4, 0.5) is 5.69 Å². The molecule has 0 bridgehead atoms. The van der Waals surface area contributed by atoms with Crippen molar-refractivity contribution in [2.24, 2.45) is 0 Å². The van der Waals surface area contributed by atoms with E-state index < -0.39 is 6.04 Å². The van der Waals surface area contributed by atoms with Crippen LogP contribution in [0, 0.1) is 0 Å². The second-order valence-electron chi connectivity index (χ2n) is 14.0. The van der Waals surface area contributed by atoms with Gasteiger partial charge in [-0.25, -0.2) is 0 Å². The van der Waals surface area contributed by atoms with Gasteiger partial charge in [-0.15, -0.1) is 55.8 Å². The van der Waals surface area contributed by atoms with Crippen LogP contribution in [0.15, 0.2) is 57.2 Å². The van der Waals surface area contributed by atoms with Gasteiger partial charge in [0.1, 0.15) is 149 Å². The molecule has 2 aliphatic heterocycles. The van der Waals surface area contributed by atoms with Gasteiger partial charge >= 0.3 is 0 Å². The molecule has 21 heteroatoms. The summed E-state index contributed by atoms with van der Waals surface area (Å²) in [6, 6.07) is 2.12. The Balaban J connectivity index is 1.82. The van der Waals surface area contributed by atoms with Crippen LogP contribution in [0.25, 0.3) is 55.2 Å². The van der Waals surface area contributed by atoms with Crippen LogP contribution in [-0.4, -0.2) is 160 Å². The topological polar surface area (TPSA) is 8.17 Å². The van der Waals surface area contributed by atoms with Crippen molar-refractivity contribution < 1.29 is 0 Å². The fourth-order valence-corrected chi connectivity index (χ4v) is 8.29. The van der Waals surface area contributed by atoms with E-state index >= 15 is 0 Å². The van der Waals surface area contributed by atoms with Gasteiger partial charge in [0.25, 0.3) is 0 Å². The molecule has 1 aliphatic carbocycles. The van der Waals surface area contributed by atoms with Crippen molar-refractivity contribution in [1.82, 2.24) is 4.57 Å². The fourth-order valence-electron chi connectivity index (χ4n) is 8.29. The van der Waals surface area contributed by atoms with Crippen molar-refractivity contribution in [1.29, 1.82) is 0 Å². The van der Waals surface area contributed by atoms with Crippen LogP contribution in [0.5, 0.6) is 0 Å². The molecule has 0 saturated carbocycles. The number of hydrogen-bond donors (Lipinski definition) is 0. The van der Waals surface area contributed by atoms with Gasteiger partial charge < -0.3 is 9.47 Å². The number of anilines is 1. The van der Waals surface area contributed by atoms with Crippen LogP contribution < -0.4 is 70.5 Å². The largest absolute Gasteiger partial charge is 0.330 e. The van der Waals surface area contributed by atoms with Crippen LogP contribution in [0.2, 0.25) is 0 Å². The third-order valence-electron chi connectivity index (χ3n) is 11.1. The van der Waals surface area contributed by atoms with Gasteiger partial charge in [-0.05, 0) is 38.8 Å². The molecule has 8 rings (SSSR count). The predicted octanol–water partition coefficient (Wildman–Crippen LogP) is -9.18. The summed E-state index contributed by atoms with van der Waals surface area (Å²) in [6.07, 6.45) is 0. The molecule has 0 N–H and O–H groups in total. The maximum atomic E-state index is 7.47. The van der Waals surface area contributed by atoms with Crippen molar-refractivity contribution in [2.45, 2.75) is 6.04 Å². The van der Waals surface area contributed by atoms with Crippen molar-refractivity contribution >= 4 is 253 Å². The van der Waals surface area contributed by atoms with E-state index in [-0.39, 0.29) is 154 Å². The maximum absolute atomic E-state index is 7.47. The monoisotopic (exact) mass is 662 g/mol. The molecular weight excluding hydrogens is 654 g/mol. The average molecular weight is 659 g/mol. The summed E-state index contributed by atoms with van der Waals surface area (Å²) in [6.45, 7) is 3.81. The Morgan fingerprint density at radius 2 is 1.04 bits per heavy atom. The molecule has 1 aromatic heterocycles. The summed E-state index contributed by atoms with van der Waals surface area (Å²) in [4.78, 5) is 1.62. The zero-order valence-corrected chi connectivity index (χ0v) is 29.8. The van der Waals surface area contributed by atoms with Crippen LogP contribution in [0.3, 0.4) is 0 Å². The Kier molecular flexibility index (Phi) is 9.08. The van der Waals surface area contributed by atoms with Crippen LogP contribution in [0.1, 0.15) is 5.56 Å². The number of rotatable bonds is 2. The summed E-state index contributed by atoms with van der Waals surface area (Å²) < 4.78 is 1.54. The van der Waals surface area contributed by atoms with E-state index in [0.29, 0.717) is 16.7 Å². The number of hydrogen-bond acceptors (Lipinski definition) is 1. The molecule has 212 valence electrons. The highest BCUT2D eigenvalue weighted by molar-refractivity contribution is 6.70. The SMILES string of the molecule is [B]C(=C)/C([B])=C(/[B])C1=C([B])n2c3c(cc([B])c([B])c3c3c([B])c([B])c([B])c([B])c32)-c2cc([B])c([B])c([B])c2-c2c([B])c([B])c([B])c3c2N1C1C([B])=C([B])C([B])=C31. The van der Waals surface area contributed by atoms with E-state index in [1.165, 1.54) is 4.57 Å². The number of nitrogens with zero attached hydrogens (tertiary/aromatic N) is 2. The summed E-state index contributed by atoms with van der Waals surface area (Å²) >= 11 is 0. The van der Waals surface area contributed by atoms with Gasteiger partial charge in [0.05, 0.1) is 17.2 Å². The molecule has 2 nitrogen and oxygen atoms in total. The molecule has 5 aromatic rings. The minimum absolute atomic E-state index is 0.00350. The van der Waals surface area contributed by atoms with Crippen molar-refractivity contribution in [3.8, 4) is 22.3 Å². The van der Waals surface area contributed by atoms with Crippen LogP contribution in [-0.2, 0) is 0 Å². The highest BCUT2D eigenvalue weighted by Crippen LogP contribution is 2.55. The maximum Gasteiger partial charge on any atom is 0.142 e. The first-order valence-corrected chi connectivity index (χ1v) is 16.7. The average Bonchev–Trinajstić information content (AvgIpc) is 3.76. The molecular formula is C35H5B19N2. The summed E-state index contributed by atoms with van der Waals surface area (Å²) in [5, 5.41) is 0.518. The first kappa shape index (κ1) is 39.2. The predicted molar refractivity (Wildman–Crippen MR) is 255 cm³/mol. The van der Waals surface area contributed by atoms with E-state index in [4.69, 9.17) is 149 Å². The van der Waals surface area contributed by atoms with E-state index in [9.17, 15) is 0 Å². The fraction of sp³-hybridized carbons (Fsp3) is 0.0286. The second-order valence-corrected chi connectivity index (χ2v) is 14.0. The van der Waals surface area contributed by atoms with E-state index in [2.05, 4.69) is 6.58 Å². The number of fused-ring (bicyclic) bond motifs is 9. The lowest BCUT2D eigenvalue weighted by Crippen LogP contribution is -2.48. The third kappa shape index (κ3) is 4.78. The first-order valence-electron chi connectivity index (χ1n) is 16.7. The first-order chi connectivity index (χ1) is 26.2. The van der Waals surface area contributed by atoms with Crippen molar-refractivity contribution in [3.05, 3.63) is 62.8 Å². The molecule has 0 amide bonds. The zero-order chi connectivity index (χ0) is 41.0. The van der Waals surface area contributed by atoms with E-state index in [1.807, 2.05) is 0 Å². The van der Waals surface area contributed by atoms with Crippen molar-refractivity contribution in [3.63, 3.8) is 0 Å².